The number of fused-ring (bicyclic) bond motifs is 3. The number of nitrogens with zero attached hydrogens (tertiary/aromatic N) is 3. The molecule has 0 spiro atoms. The summed E-state index contributed by atoms with van der Waals surface area (Å²) in [6.07, 6.45) is 4.16. The van der Waals surface area contributed by atoms with E-state index in [9.17, 15) is 0 Å². The van der Waals surface area contributed by atoms with Crippen LogP contribution >= 0.6 is 11.6 Å². The van der Waals surface area contributed by atoms with Gasteiger partial charge in [-0.15, -0.1) is 0 Å². The van der Waals surface area contributed by atoms with Crippen molar-refractivity contribution in [1.29, 1.82) is 0 Å². The number of anilines is 1. The minimum Gasteiger partial charge on any atom is -0.383 e. The molecule has 8 heteroatoms. The van der Waals surface area contributed by atoms with Crippen molar-refractivity contribution < 1.29 is 14.2 Å². The van der Waals surface area contributed by atoms with E-state index in [-0.39, 0.29) is 30.3 Å². The molecule has 3 aromatic rings. The molecule has 1 aliphatic carbocycles. The number of benzene rings is 1. The number of aromatic nitrogens is 3. The van der Waals surface area contributed by atoms with Crippen LogP contribution in [0.3, 0.4) is 0 Å². The monoisotopic (exact) mass is 426 g/mol. The Hall–Kier alpha value is -2.19. The van der Waals surface area contributed by atoms with Gasteiger partial charge >= 0.3 is 0 Å². The second-order valence-electron chi connectivity index (χ2n) is 8.83. The lowest BCUT2D eigenvalue weighted by molar-refractivity contribution is -0.166. The van der Waals surface area contributed by atoms with Crippen LogP contribution in [0, 0.1) is 5.92 Å². The van der Waals surface area contributed by atoms with E-state index in [0.717, 1.165) is 28.0 Å². The Morgan fingerprint density at radius 1 is 1.17 bits per heavy atom. The quantitative estimate of drug-likeness (QED) is 0.666. The summed E-state index contributed by atoms with van der Waals surface area (Å²) in [6.45, 7) is 4.51. The third-order valence-corrected chi connectivity index (χ3v) is 6.83. The summed E-state index contributed by atoms with van der Waals surface area (Å²) in [5.41, 5.74) is 9.22. The molecule has 2 aliphatic heterocycles. The largest absolute Gasteiger partial charge is 0.383 e. The molecule has 0 amide bonds. The first-order valence-electron chi connectivity index (χ1n) is 10.2. The summed E-state index contributed by atoms with van der Waals surface area (Å²) in [4.78, 5) is 8.61. The second kappa shape index (κ2) is 6.40. The van der Waals surface area contributed by atoms with Gasteiger partial charge in [0.05, 0.1) is 30.2 Å². The first-order valence-corrected chi connectivity index (χ1v) is 10.6. The van der Waals surface area contributed by atoms with Crippen LogP contribution in [0.25, 0.3) is 11.0 Å². The van der Waals surface area contributed by atoms with Gasteiger partial charge in [0.1, 0.15) is 23.9 Å². The molecule has 2 fully saturated rings. The highest BCUT2D eigenvalue weighted by atomic mass is 35.5. The van der Waals surface area contributed by atoms with Gasteiger partial charge in [0, 0.05) is 17.1 Å². The van der Waals surface area contributed by atoms with Gasteiger partial charge < -0.3 is 24.5 Å². The standard InChI is InChI=1S/C22H23ClN4O3/c1-22(2)29-18-15(17-13-4-3-12(23)7-11(13)9-28-17)8-16(19(18)30-22)27-6-5-14-20(24)25-10-26-21(14)27/h3-7,10,15-19H,8-9H2,1-2H3,(H2,24,25,26)/t15-,16-,17-,18-,19+/m1/s1. The van der Waals surface area contributed by atoms with Crippen molar-refractivity contribution in [3.05, 3.63) is 52.9 Å². The van der Waals surface area contributed by atoms with Gasteiger partial charge in [0.25, 0.3) is 0 Å². The molecule has 1 aromatic carbocycles. The first kappa shape index (κ1) is 18.6. The SMILES string of the molecule is CC1(C)O[C@@H]2[C@@H]([C@@H]3OCc4cc(Cl)ccc43)C[C@@H](n3ccc4c(N)ncnc43)[C@@H]2O1. The Morgan fingerprint density at radius 3 is 2.87 bits per heavy atom. The molecule has 1 saturated heterocycles. The topological polar surface area (TPSA) is 84.4 Å². The number of hydrogen-bond acceptors (Lipinski definition) is 6. The smallest absolute Gasteiger partial charge is 0.163 e. The molecule has 30 heavy (non-hydrogen) atoms. The van der Waals surface area contributed by atoms with E-state index in [0.29, 0.717) is 12.4 Å². The lowest BCUT2D eigenvalue weighted by Gasteiger charge is -2.27. The average Bonchev–Trinajstić information content (AvgIpc) is 3.43. The van der Waals surface area contributed by atoms with Gasteiger partial charge in [-0.2, -0.15) is 0 Å². The maximum Gasteiger partial charge on any atom is 0.163 e. The fourth-order valence-electron chi connectivity index (χ4n) is 5.42. The molecule has 5 atom stereocenters. The van der Waals surface area contributed by atoms with E-state index in [2.05, 4.69) is 20.6 Å². The fraction of sp³-hybridized carbons (Fsp3) is 0.455. The minimum absolute atomic E-state index is 0.0474. The minimum atomic E-state index is -0.648. The summed E-state index contributed by atoms with van der Waals surface area (Å²) in [7, 11) is 0. The zero-order chi connectivity index (χ0) is 20.6. The van der Waals surface area contributed by atoms with Gasteiger partial charge in [-0.05, 0) is 49.6 Å². The maximum absolute atomic E-state index is 6.40. The lowest BCUT2D eigenvalue weighted by Crippen LogP contribution is -2.29. The zero-order valence-electron chi connectivity index (χ0n) is 16.8. The predicted molar refractivity (Wildman–Crippen MR) is 112 cm³/mol. The van der Waals surface area contributed by atoms with Crippen molar-refractivity contribution in [3.63, 3.8) is 0 Å². The van der Waals surface area contributed by atoms with Crippen LogP contribution in [0.4, 0.5) is 5.82 Å². The first-order chi connectivity index (χ1) is 14.4. The molecule has 2 N–H and O–H groups in total. The Balaban J connectivity index is 1.41. The second-order valence-corrected chi connectivity index (χ2v) is 9.26. The van der Waals surface area contributed by atoms with E-state index in [1.54, 1.807) is 0 Å². The molecule has 0 unspecified atom stereocenters. The highest BCUT2D eigenvalue weighted by Crippen LogP contribution is 2.54. The van der Waals surface area contributed by atoms with Crippen LogP contribution in [-0.2, 0) is 20.8 Å². The third-order valence-electron chi connectivity index (χ3n) is 6.59. The summed E-state index contributed by atoms with van der Waals surface area (Å²) < 4.78 is 21.2. The zero-order valence-corrected chi connectivity index (χ0v) is 17.5. The molecule has 156 valence electrons. The molecule has 3 aliphatic rings. The van der Waals surface area contributed by atoms with Crippen LogP contribution in [0.5, 0.6) is 0 Å². The highest BCUT2D eigenvalue weighted by molar-refractivity contribution is 6.30. The van der Waals surface area contributed by atoms with Crippen molar-refractivity contribution in [2.75, 3.05) is 5.73 Å². The van der Waals surface area contributed by atoms with E-state index in [1.165, 1.54) is 11.9 Å². The Morgan fingerprint density at radius 2 is 2.00 bits per heavy atom. The van der Waals surface area contributed by atoms with Crippen molar-refractivity contribution in [1.82, 2.24) is 14.5 Å². The van der Waals surface area contributed by atoms with Gasteiger partial charge in [0.15, 0.2) is 5.79 Å². The van der Waals surface area contributed by atoms with E-state index < -0.39 is 5.79 Å². The van der Waals surface area contributed by atoms with E-state index >= 15 is 0 Å². The summed E-state index contributed by atoms with van der Waals surface area (Å²) in [6, 6.07) is 8.04. The van der Waals surface area contributed by atoms with E-state index in [4.69, 9.17) is 31.5 Å². The van der Waals surface area contributed by atoms with Gasteiger partial charge in [-0.3, -0.25) is 0 Å². The fourth-order valence-corrected chi connectivity index (χ4v) is 5.61. The van der Waals surface area contributed by atoms with Crippen molar-refractivity contribution in [2.45, 2.75) is 57.0 Å². The van der Waals surface area contributed by atoms with Crippen molar-refractivity contribution >= 4 is 28.5 Å². The van der Waals surface area contributed by atoms with Crippen molar-refractivity contribution in [3.8, 4) is 0 Å². The van der Waals surface area contributed by atoms with Gasteiger partial charge in [-0.1, -0.05) is 17.7 Å². The number of rotatable bonds is 2. The van der Waals surface area contributed by atoms with Crippen LogP contribution in [0.1, 0.15) is 43.5 Å². The Bertz CT molecular complexity index is 1150. The third kappa shape index (κ3) is 2.69. The number of hydrogen-bond donors (Lipinski definition) is 1. The molecule has 0 bridgehead atoms. The number of ether oxygens (including phenoxy) is 3. The van der Waals surface area contributed by atoms with Crippen molar-refractivity contribution in [2.24, 2.45) is 5.92 Å². The number of nitrogen functional groups attached to an aromatic ring is 1. The molecular weight excluding hydrogens is 404 g/mol. The van der Waals surface area contributed by atoms with Crippen LogP contribution in [0.15, 0.2) is 36.8 Å². The Labute approximate surface area is 179 Å². The summed E-state index contributed by atoms with van der Waals surface area (Å²) >= 11 is 6.19. The Kier molecular flexibility index (Phi) is 3.96. The lowest BCUT2D eigenvalue weighted by atomic mass is 9.91. The van der Waals surface area contributed by atoms with Gasteiger partial charge in [-0.25, -0.2) is 9.97 Å². The van der Waals surface area contributed by atoms with Crippen LogP contribution in [-0.4, -0.2) is 32.5 Å². The van der Waals surface area contributed by atoms with E-state index in [1.807, 2.05) is 38.2 Å². The average molecular weight is 427 g/mol. The molecule has 7 nitrogen and oxygen atoms in total. The number of nitrogens with two attached hydrogens (primary N) is 1. The molecule has 0 radical (unpaired) electrons. The number of halogens is 1. The predicted octanol–water partition coefficient (Wildman–Crippen LogP) is 4.02. The molecule has 1 saturated carbocycles. The van der Waals surface area contributed by atoms with Crippen LogP contribution < -0.4 is 5.73 Å². The van der Waals surface area contributed by atoms with Gasteiger partial charge in [0.2, 0.25) is 0 Å². The molecule has 6 rings (SSSR count). The normalized spacial score (nSPS) is 31.9. The van der Waals surface area contributed by atoms with Crippen LogP contribution in [0.2, 0.25) is 5.02 Å². The summed E-state index contributed by atoms with van der Waals surface area (Å²) in [5.74, 6) is -0.00971. The molecule has 4 heterocycles. The molecular formula is C22H23ClN4O3. The highest BCUT2D eigenvalue weighted by Gasteiger charge is 2.57. The summed E-state index contributed by atoms with van der Waals surface area (Å²) in [5, 5.41) is 1.59. The maximum atomic E-state index is 6.40. The molecule has 2 aromatic heterocycles.